The lowest BCUT2D eigenvalue weighted by molar-refractivity contribution is -0.127. The Morgan fingerprint density at radius 3 is 2.48 bits per heavy atom. The van der Waals surface area contributed by atoms with Crippen LogP contribution in [0.25, 0.3) is 0 Å². The zero-order valence-electron chi connectivity index (χ0n) is 12.7. The molecule has 0 aliphatic carbocycles. The second kappa shape index (κ2) is 8.84. The number of benzene rings is 2. The number of carbonyl (C=O) groups is 1. The van der Waals surface area contributed by atoms with Gasteiger partial charge in [0.15, 0.2) is 0 Å². The number of thioether (sulfide) groups is 1. The van der Waals surface area contributed by atoms with Crippen molar-refractivity contribution in [2.75, 3.05) is 26.0 Å². The van der Waals surface area contributed by atoms with Gasteiger partial charge in [0.1, 0.15) is 18.1 Å². The lowest BCUT2D eigenvalue weighted by atomic mass is 10.3. The van der Waals surface area contributed by atoms with Gasteiger partial charge in [0.25, 0.3) is 0 Å². The van der Waals surface area contributed by atoms with Crippen molar-refractivity contribution < 1.29 is 14.6 Å². The number of rotatable bonds is 7. The Morgan fingerprint density at radius 2 is 1.83 bits per heavy atom. The lowest BCUT2D eigenvalue weighted by Crippen LogP contribution is -2.32. The van der Waals surface area contributed by atoms with Crippen LogP contribution < -0.4 is 4.74 Å². The molecule has 0 saturated heterocycles. The molecule has 0 aliphatic rings. The highest BCUT2D eigenvalue weighted by molar-refractivity contribution is 9.10. The van der Waals surface area contributed by atoms with Gasteiger partial charge in [-0.05, 0) is 48.5 Å². The van der Waals surface area contributed by atoms with Gasteiger partial charge in [-0.3, -0.25) is 4.79 Å². The predicted octanol–water partition coefficient (Wildman–Crippen LogP) is 3.78. The number of hydrogen-bond donors (Lipinski definition) is 1. The minimum atomic E-state index is 0.0440. The summed E-state index contributed by atoms with van der Waals surface area (Å²) in [6, 6.07) is 14.4. The van der Waals surface area contributed by atoms with Gasteiger partial charge >= 0.3 is 0 Å². The predicted molar refractivity (Wildman–Crippen MR) is 96.1 cm³/mol. The third kappa shape index (κ3) is 6.15. The van der Waals surface area contributed by atoms with E-state index in [0.29, 0.717) is 18.9 Å². The maximum atomic E-state index is 12.1. The zero-order valence-corrected chi connectivity index (χ0v) is 15.1. The molecule has 2 aromatic carbocycles. The van der Waals surface area contributed by atoms with Gasteiger partial charge in [0.05, 0.1) is 12.3 Å². The second-order valence-corrected chi connectivity index (χ2v) is 6.86. The molecule has 0 heterocycles. The number of hydrogen-bond acceptors (Lipinski definition) is 4. The van der Waals surface area contributed by atoms with Crippen LogP contribution in [-0.2, 0) is 4.79 Å². The van der Waals surface area contributed by atoms with Crippen LogP contribution in [0.15, 0.2) is 57.9 Å². The molecule has 2 rings (SSSR count). The van der Waals surface area contributed by atoms with E-state index in [1.165, 1.54) is 11.8 Å². The standard InChI is InChI=1S/C17H18BrNO3S/c1-19(10-11-22-15-6-2-13(18)3-7-15)17(21)12-23-16-8-4-14(20)5-9-16/h2-9,20H,10-12H2,1H3. The Morgan fingerprint density at radius 1 is 1.17 bits per heavy atom. The zero-order chi connectivity index (χ0) is 16.7. The highest BCUT2D eigenvalue weighted by Gasteiger charge is 2.09. The molecular weight excluding hydrogens is 378 g/mol. The summed E-state index contributed by atoms with van der Waals surface area (Å²) in [5.41, 5.74) is 0. The Bertz CT molecular complexity index is 631. The quantitative estimate of drug-likeness (QED) is 0.724. The Labute approximate surface area is 148 Å². The van der Waals surface area contributed by atoms with E-state index in [1.54, 1.807) is 36.2 Å². The fraction of sp³-hybridized carbons (Fsp3) is 0.235. The summed E-state index contributed by atoms with van der Waals surface area (Å²) in [5.74, 6) is 1.41. The number of aromatic hydroxyl groups is 1. The first-order valence-electron chi connectivity index (χ1n) is 7.09. The van der Waals surface area contributed by atoms with Crippen LogP contribution in [0.1, 0.15) is 0 Å². The number of carbonyl (C=O) groups excluding carboxylic acids is 1. The first-order chi connectivity index (χ1) is 11.0. The number of phenolic OH excluding ortho intramolecular Hbond substituents is 1. The maximum absolute atomic E-state index is 12.1. The molecule has 1 amide bonds. The molecule has 23 heavy (non-hydrogen) atoms. The Balaban J connectivity index is 1.70. The summed E-state index contributed by atoms with van der Waals surface area (Å²) in [7, 11) is 1.77. The molecule has 0 saturated carbocycles. The van der Waals surface area contributed by atoms with Gasteiger partial charge in [-0.2, -0.15) is 0 Å². The van der Waals surface area contributed by atoms with Gasteiger partial charge in [0.2, 0.25) is 5.91 Å². The number of phenols is 1. The van der Waals surface area contributed by atoms with Crippen molar-refractivity contribution in [2.45, 2.75) is 4.90 Å². The molecule has 0 aromatic heterocycles. The number of ether oxygens (including phenoxy) is 1. The summed E-state index contributed by atoms with van der Waals surface area (Å²) >= 11 is 4.82. The highest BCUT2D eigenvalue weighted by atomic mass is 79.9. The van der Waals surface area contributed by atoms with E-state index < -0.39 is 0 Å². The van der Waals surface area contributed by atoms with Gasteiger partial charge in [-0.15, -0.1) is 11.8 Å². The molecule has 0 spiro atoms. The number of likely N-dealkylation sites (N-methyl/N-ethyl adjacent to an activating group) is 1. The van der Waals surface area contributed by atoms with Gasteiger partial charge < -0.3 is 14.7 Å². The van der Waals surface area contributed by atoms with E-state index in [1.807, 2.05) is 24.3 Å². The van der Waals surface area contributed by atoms with Crippen LogP contribution >= 0.6 is 27.7 Å². The summed E-state index contributed by atoms with van der Waals surface area (Å²) in [5, 5.41) is 9.23. The maximum Gasteiger partial charge on any atom is 0.232 e. The lowest BCUT2D eigenvalue weighted by Gasteiger charge is -2.17. The smallest absolute Gasteiger partial charge is 0.232 e. The summed E-state index contributed by atoms with van der Waals surface area (Å²) in [6.45, 7) is 0.985. The van der Waals surface area contributed by atoms with Crippen LogP contribution in [0.4, 0.5) is 0 Å². The highest BCUT2D eigenvalue weighted by Crippen LogP contribution is 2.21. The fourth-order valence-corrected chi connectivity index (χ4v) is 2.86. The molecule has 1 N–H and O–H groups in total. The number of nitrogens with zero attached hydrogens (tertiary/aromatic N) is 1. The van der Waals surface area contributed by atoms with E-state index in [2.05, 4.69) is 15.9 Å². The average Bonchev–Trinajstić information content (AvgIpc) is 2.55. The van der Waals surface area contributed by atoms with Crippen molar-refractivity contribution in [2.24, 2.45) is 0 Å². The number of halogens is 1. The topological polar surface area (TPSA) is 49.8 Å². The Hall–Kier alpha value is -1.66. The van der Waals surface area contributed by atoms with Crippen molar-refractivity contribution >= 4 is 33.6 Å². The van der Waals surface area contributed by atoms with Crippen molar-refractivity contribution in [1.82, 2.24) is 4.90 Å². The van der Waals surface area contributed by atoms with Crippen LogP contribution in [0, 0.1) is 0 Å². The van der Waals surface area contributed by atoms with Crippen LogP contribution in [0.3, 0.4) is 0 Å². The van der Waals surface area contributed by atoms with Crippen LogP contribution in [0.2, 0.25) is 0 Å². The molecule has 0 atom stereocenters. The van der Waals surface area contributed by atoms with E-state index in [-0.39, 0.29) is 11.7 Å². The van der Waals surface area contributed by atoms with Crippen molar-refractivity contribution in [1.29, 1.82) is 0 Å². The van der Waals surface area contributed by atoms with E-state index in [9.17, 15) is 9.90 Å². The molecule has 0 bridgehead atoms. The van der Waals surface area contributed by atoms with Crippen molar-refractivity contribution in [3.05, 3.63) is 53.0 Å². The molecular formula is C17H18BrNO3S. The largest absolute Gasteiger partial charge is 0.508 e. The molecule has 2 aromatic rings. The first kappa shape index (κ1) is 17.7. The van der Waals surface area contributed by atoms with Gasteiger partial charge in [-0.1, -0.05) is 15.9 Å². The second-order valence-electron chi connectivity index (χ2n) is 4.90. The van der Waals surface area contributed by atoms with Crippen molar-refractivity contribution in [3.63, 3.8) is 0 Å². The summed E-state index contributed by atoms with van der Waals surface area (Å²) in [6.07, 6.45) is 0. The number of amides is 1. The van der Waals surface area contributed by atoms with Gasteiger partial charge in [-0.25, -0.2) is 0 Å². The molecule has 0 radical (unpaired) electrons. The summed E-state index contributed by atoms with van der Waals surface area (Å²) < 4.78 is 6.61. The molecule has 4 nitrogen and oxygen atoms in total. The molecule has 0 unspecified atom stereocenters. The third-order valence-corrected chi connectivity index (χ3v) is 4.66. The van der Waals surface area contributed by atoms with E-state index >= 15 is 0 Å². The average molecular weight is 396 g/mol. The molecule has 122 valence electrons. The first-order valence-corrected chi connectivity index (χ1v) is 8.86. The monoisotopic (exact) mass is 395 g/mol. The normalized spacial score (nSPS) is 10.3. The molecule has 0 aliphatic heterocycles. The van der Waals surface area contributed by atoms with Crippen molar-refractivity contribution in [3.8, 4) is 11.5 Å². The fourth-order valence-electron chi connectivity index (χ4n) is 1.75. The summed E-state index contributed by atoms with van der Waals surface area (Å²) in [4.78, 5) is 14.7. The minimum Gasteiger partial charge on any atom is -0.508 e. The van der Waals surface area contributed by atoms with Crippen LogP contribution in [-0.4, -0.2) is 41.9 Å². The van der Waals surface area contributed by atoms with Gasteiger partial charge in [0, 0.05) is 16.4 Å². The third-order valence-electron chi connectivity index (χ3n) is 3.13. The Kier molecular flexibility index (Phi) is 6.80. The van der Waals surface area contributed by atoms with Crippen LogP contribution in [0.5, 0.6) is 11.5 Å². The SMILES string of the molecule is CN(CCOc1ccc(Br)cc1)C(=O)CSc1ccc(O)cc1. The van der Waals surface area contributed by atoms with E-state index in [0.717, 1.165) is 15.1 Å². The molecule has 0 fully saturated rings. The van der Waals surface area contributed by atoms with E-state index in [4.69, 9.17) is 4.74 Å². The minimum absolute atomic E-state index is 0.0440. The molecule has 6 heteroatoms.